The summed E-state index contributed by atoms with van der Waals surface area (Å²) >= 11 is 0. The van der Waals surface area contributed by atoms with Crippen LogP contribution in [0.2, 0.25) is 0 Å². The van der Waals surface area contributed by atoms with Gasteiger partial charge in [-0.25, -0.2) is 0 Å². The quantitative estimate of drug-likeness (QED) is 0.462. The first-order valence-corrected chi connectivity index (χ1v) is 3.53. The number of rotatable bonds is 0. The van der Waals surface area contributed by atoms with Crippen LogP contribution in [0.15, 0.2) is 17.7 Å². The molecule has 0 amide bonds. The maximum Gasteiger partial charge on any atom is -0.0245 e. The summed E-state index contributed by atoms with van der Waals surface area (Å²) < 4.78 is 0. The topological polar surface area (TPSA) is 0 Å². The average molecular weight is 121 g/mol. The van der Waals surface area contributed by atoms with Crippen LogP contribution >= 0.6 is 0 Å². The molecule has 0 aliphatic heterocycles. The van der Waals surface area contributed by atoms with Crippen molar-refractivity contribution >= 4 is 0 Å². The van der Waals surface area contributed by atoms with Gasteiger partial charge >= 0.3 is 0 Å². The predicted octanol–water partition coefficient (Wildman–Crippen LogP) is 2.72. The van der Waals surface area contributed by atoms with Crippen LogP contribution in [0, 0.1) is 12.0 Å². The molecule has 1 aliphatic rings. The largest absolute Gasteiger partial charge is 0.0840 e. The van der Waals surface area contributed by atoms with E-state index in [0.29, 0.717) is 0 Å². The molecular weight excluding hydrogens is 108 g/mol. The standard InChI is InChI=1S/C9H13/c1-8-4-3-5-9(2)7-6-8/h3-4,9H,5,7H2,1-2H3. The molecule has 0 bridgehead atoms. The molecule has 1 rings (SSSR count). The molecule has 0 aromatic heterocycles. The van der Waals surface area contributed by atoms with Crippen molar-refractivity contribution in [3.05, 3.63) is 23.8 Å². The maximum absolute atomic E-state index is 3.32. The van der Waals surface area contributed by atoms with Crippen molar-refractivity contribution < 1.29 is 0 Å². The van der Waals surface area contributed by atoms with Gasteiger partial charge in [-0.15, -0.1) is 0 Å². The summed E-state index contributed by atoms with van der Waals surface area (Å²) in [5.41, 5.74) is 1.29. The van der Waals surface area contributed by atoms with E-state index in [4.69, 9.17) is 0 Å². The van der Waals surface area contributed by atoms with Gasteiger partial charge < -0.3 is 0 Å². The van der Waals surface area contributed by atoms with E-state index in [1.54, 1.807) is 0 Å². The molecule has 9 heavy (non-hydrogen) atoms. The predicted molar refractivity (Wildman–Crippen MR) is 40.0 cm³/mol. The first-order valence-electron chi connectivity index (χ1n) is 3.53. The van der Waals surface area contributed by atoms with Crippen LogP contribution in [0.25, 0.3) is 0 Å². The van der Waals surface area contributed by atoms with Crippen molar-refractivity contribution in [3.63, 3.8) is 0 Å². The van der Waals surface area contributed by atoms with Gasteiger partial charge in [0.05, 0.1) is 0 Å². The van der Waals surface area contributed by atoms with E-state index < -0.39 is 0 Å². The molecule has 1 unspecified atom stereocenters. The Kier molecular flexibility index (Phi) is 2.10. The molecular formula is C9H13. The van der Waals surface area contributed by atoms with E-state index in [1.807, 2.05) is 0 Å². The summed E-state index contributed by atoms with van der Waals surface area (Å²) in [7, 11) is 0. The molecule has 0 aromatic carbocycles. The van der Waals surface area contributed by atoms with Gasteiger partial charge in [-0.3, -0.25) is 0 Å². The normalized spacial score (nSPS) is 27.3. The Bertz CT molecular complexity index is 140. The highest BCUT2D eigenvalue weighted by molar-refractivity contribution is 5.14. The fourth-order valence-corrected chi connectivity index (χ4v) is 0.955. The Morgan fingerprint density at radius 2 is 2.44 bits per heavy atom. The van der Waals surface area contributed by atoms with Crippen molar-refractivity contribution in [1.82, 2.24) is 0 Å². The van der Waals surface area contributed by atoms with E-state index in [-0.39, 0.29) is 0 Å². The Balaban J connectivity index is 2.58. The second kappa shape index (κ2) is 2.86. The van der Waals surface area contributed by atoms with Crippen LogP contribution < -0.4 is 0 Å². The smallest absolute Gasteiger partial charge is 0.0245 e. The molecule has 49 valence electrons. The highest BCUT2D eigenvalue weighted by atomic mass is 14.0. The van der Waals surface area contributed by atoms with Crippen LogP contribution in [0.4, 0.5) is 0 Å². The number of allylic oxidation sites excluding steroid dienone is 4. The van der Waals surface area contributed by atoms with Crippen LogP contribution in [-0.2, 0) is 0 Å². The monoisotopic (exact) mass is 121 g/mol. The van der Waals surface area contributed by atoms with Crippen LogP contribution in [0.5, 0.6) is 0 Å². The third-order valence-electron chi connectivity index (χ3n) is 1.64. The van der Waals surface area contributed by atoms with E-state index in [2.05, 4.69) is 32.1 Å². The molecule has 0 fully saturated rings. The summed E-state index contributed by atoms with van der Waals surface area (Å²) in [6, 6.07) is 0. The van der Waals surface area contributed by atoms with Crippen molar-refractivity contribution in [1.29, 1.82) is 0 Å². The van der Waals surface area contributed by atoms with Crippen molar-refractivity contribution in [2.75, 3.05) is 0 Å². The van der Waals surface area contributed by atoms with Crippen molar-refractivity contribution in [2.24, 2.45) is 5.92 Å². The van der Waals surface area contributed by atoms with Gasteiger partial charge in [-0.05, 0) is 37.3 Å². The zero-order valence-electron chi connectivity index (χ0n) is 6.15. The van der Waals surface area contributed by atoms with Crippen LogP contribution in [0.3, 0.4) is 0 Å². The van der Waals surface area contributed by atoms with Crippen LogP contribution in [0.1, 0.15) is 26.7 Å². The molecule has 0 aromatic rings. The minimum atomic E-state index is 0.790. The Morgan fingerprint density at radius 1 is 1.67 bits per heavy atom. The molecule has 0 heterocycles. The lowest BCUT2D eigenvalue weighted by molar-refractivity contribution is 0.598. The Labute approximate surface area is 57.3 Å². The van der Waals surface area contributed by atoms with Crippen LogP contribution in [-0.4, -0.2) is 0 Å². The molecule has 1 radical (unpaired) electrons. The van der Waals surface area contributed by atoms with Crippen molar-refractivity contribution in [2.45, 2.75) is 26.7 Å². The summed E-state index contributed by atoms with van der Waals surface area (Å²) in [6.45, 7) is 4.37. The summed E-state index contributed by atoms with van der Waals surface area (Å²) in [5.74, 6) is 0.790. The van der Waals surface area contributed by atoms with E-state index in [0.717, 1.165) is 12.3 Å². The van der Waals surface area contributed by atoms with E-state index in [9.17, 15) is 0 Å². The molecule has 1 aliphatic carbocycles. The summed E-state index contributed by atoms with van der Waals surface area (Å²) in [4.78, 5) is 0. The number of hydrogen-bond acceptors (Lipinski definition) is 0. The Morgan fingerprint density at radius 3 is 3.22 bits per heavy atom. The highest BCUT2D eigenvalue weighted by Crippen LogP contribution is 2.14. The molecule has 0 heteroatoms. The Hall–Kier alpha value is -0.520. The first kappa shape index (κ1) is 6.60. The summed E-state index contributed by atoms with van der Waals surface area (Å²) in [5, 5.41) is 0. The molecule has 0 spiro atoms. The average Bonchev–Trinajstić information content (AvgIpc) is 1.97. The molecule has 0 saturated heterocycles. The third kappa shape index (κ3) is 2.05. The molecule has 0 saturated carbocycles. The minimum Gasteiger partial charge on any atom is -0.0840 e. The summed E-state index contributed by atoms with van der Waals surface area (Å²) in [6.07, 6.45) is 10.1. The fourth-order valence-electron chi connectivity index (χ4n) is 0.955. The van der Waals surface area contributed by atoms with Gasteiger partial charge in [0.15, 0.2) is 0 Å². The van der Waals surface area contributed by atoms with E-state index in [1.165, 1.54) is 12.0 Å². The SMILES string of the molecule is CC1=[C]CC(C)CC=C1. The van der Waals surface area contributed by atoms with Gasteiger partial charge in [-0.1, -0.05) is 19.1 Å². The van der Waals surface area contributed by atoms with Crippen molar-refractivity contribution in [3.8, 4) is 0 Å². The molecule has 0 nitrogen and oxygen atoms in total. The van der Waals surface area contributed by atoms with Gasteiger partial charge in [0.25, 0.3) is 0 Å². The second-order valence-corrected chi connectivity index (χ2v) is 2.81. The molecule has 0 N–H and O–H groups in total. The van der Waals surface area contributed by atoms with Gasteiger partial charge in [0.2, 0.25) is 0 Å². The van der Waals surface area contributed by atoms with Gasteiger partial charge in [-0.2, -0.15) is 0 Å². The van der Waals surface area contributed by atoms with E-state index >= 15 is 0 Å². The minimum absolute atomic E-state index is 0.790. The zero-order chi connectivity index (χ0) is 6.69. The lowest BCUT2D eigenvalue weighted by Gasteiger charge is -1.99. The zero-order valence-corrected chi connectivity index (χ0v) is 6.15. The number of hydrogen-bond donors (Lipinski definition) is 0. The fraction of sp³-hybridized carbons (Fsp3) is 0.556. The lowest BCUT2D eigenvalue weighted by atomic mass is 10.1. The highest BCUT2D eigenvalue weighted by Gasteiger charge is 1.99. The lowest BCUT2D eigenvalue weighted by Crippen LogP contribution is -1.87. The first-order chi connectivity index (χ1) is 4.29. The molecule has 1 atom stereocenters. The van der Waals surface area contributed by atoms with Gasteiger partial charge in [0.1, 0.15) is 0 Å². The van der Waals surface area contributed by atoms with Gasteiger partial charge in [0, 0.05) is 0 Å². The third-order valence-corrected chi connectivity index (χ3v) is 1.64. The second-order valence-electron chi connectivity index (χ2n) is 2.81. The maximum atomic E-state index is 3.32.